The summed E-state index contributed by atoms with van der Waals surface area (Å²) in [5.41, 5.74) is 0. The topological polar surface area (TPSA) is 12.0 Å². The largest absolute Gasteiger partial charge is 0.312 e. The Bertz CT molecular complexity index is 314. The minimum atomic E-state index is 0.856. The fourth-order valence-electron chi connectivity index (χ4n) is 2.27. The van der Waals surface area contributed by atoms with E-state index in [1.54, 1.807) is 11.3 Å². The van der Waals surface area contributed by atoms with Crippen LogP contribution < -0.4 is 5.32 Å². The molecule has 0 saturated heterocycles. The standard InChI is InChI=1S/C12H17BrClNS/c13-11-6-10(16-12(11)14)8-15-7-9-4-2-1-3-5-9/h6,9,15H,1-5,7-8H2. The highest BCUT2D eigenvalue weighted by molar-refractivity contribution is 9.10. The van der Waals surface area contributed by atoms with Crippen LogP contribution in [0.5, 0.6) is 0 Å². The van der Waals surface area contributed by atoms with Gasteiger partial charge in [-0.25, -0.2) is 0 Å². The van der Waals surface area contributed by atoms with Crippen LogP contribution in [0, 0.1) is 5.92 Å². The maximum atomic E-state index is 6.00. The van der Waals surface area contributed by atoms with E-state index in [9.17, 15) is 0 Å². The Balaban J connectivity index is 1.71. The average molecular weight is 323 g/mol. The van der Waals surface area contributed by atoms with Crippen LogP contribution in [0.25, 0.3) is 0 Å². The molecule has 0 amide bonds. The average Bonchev–Trinajstić information content (AvgIpc) is 2.60. The lowest BCUT2D eigenvalue weighted by molar-refractivity contribution is 0.342. The second-order valence-electron chi connectivity index (χ2n) is 4.47. The summed E-state index contributed by atoms with van der Waals surface area (Å²) >= 11 is 11.1. The molecule has 4 heteroatoms. The van der Waals surface area contributed by atoms with Gasteiger partial charge in [0.1, 0.15) is 4.34 Å². The Hall–Kier alpha value is 0.430. The van der Waals surface area contributed by atoms with Crippen molar-refractivity contribution in [1.82, 2.24) is 5.32 Å². The summed E-state index contributed by atoms with van der Waals surface area (Å²) in [6, 6.07) is 2.11. The van der Waals surface area contributed by atoms with Crippen molar-refractivity contribution in [3.8, 4) is 0 Å². The highest BCUT2D eigenvalue weighted by atomic mass is 79.9. The Morgan fingerprint density at radius 2 is 2.12 bits per heavy atom. The van der Waals surface area contributed by atoms with Gasteiger partial charge < -0.3 is 5.32 Å². The van der Waals surface area contributed by atoms with E-state index in [-0.39, 0.29) is 0 Å². The molecule has 1 saturated carbocycles. The summed E-state index contributed by atoms with van der Waals surface area (Å²) in [5, 5.41) is 3.54. The quantitative estimate of drug-likeness (QED) is 0.837. The molecule has 1 heterocycles. The molecule has 1 aromatic rings. The molecule has 0 atom stereocenters. The first-order valence-corrected chi connectivity index (χ1v) is 7.89. The lowest BCUT2D eigenvalue weighted by Gasteiger charge is -2.21. The van der Waals surface area contributed by atoms with E-state index in [4.69, 9.17) is 11.6 Å². The van der Waals surface area contributed by atoms with Crippen molar-refractivity contribution in [3.05, 3.63) is 19.8 Å². The second kappa shape index (κ2) is 6.39. The lowest BCUT2D eigenvalue weighted by Crippen LogP contribution is -2.23. The summed E-state index contributed by atoms with van der Waals surface area (Å²) in [5.74, 6) is 0.896. The minimum absolute atomic E-state index is 0.856. The Morgan fingerprint density at radius 3 is 2.75 bits per heavy atom. The van der Waals surface area contributed by atoms with E-state index >= 15 is 0 Å². The monoisotopic (exact) mass is 321 g/mol. The Kier molecular flexibility index (Phi) is 5.14. The molecule has 0 aliphatic heterocycles. The first kappa shape index (κ1) is 12.9. The molecule has 90 valence electrons. The van der Waals surface area contributed by atoms with Gasteiger partial charge in [-0.05, 0) is 47.3 Å². The van der Waals surface area contributed by atoms with Crippen LogP contribution in [0.3, 0.4) is 0 Å². The summed E-state index contributed by atoms with van der Waals surface area (Å²) < 4.78 is 1.88. The normalized spacial score (nSPS) is 17.9. The summed E-state index contributed by atoms with van der Waals surface area (Å²) in [7, 11) is 0. The fourth-order valence-corrected chi connectivity index (χ4v) is 4.03. The van der Waals surface area contributed by atoms with Crippen molar-refractivity contribution in [2.45, 2.75) is 38.6 Å². The van der Waals surface area contributed by atoms with E-state index in [1.165, 1.54) is 37.0 Å². The first-order valence-electron chi connectivity index (χ1n) is 5.90. The summed E-state index contributed by atoms with van der Waals surface area (Å²) in [4.78, 5) is 1.31. The van der Waals surface area contributed by atoms with E-state index in [2.05, 4.69) is 27.3 Å². The number of thiophene rings is 1. The van der Waals surface area contributed by atoms with Gasteiger partial charge in [0.2, 0.25) is 0 Å². The molecule has 1 nitrogen and oxygen atoms in total. The zero-order chi connectivity index (χ0) is 11.4. The third-order valence-corrected chi connectivity index (χ3v) is 5.63. The van der Waals surface area contributed by atoms with E-state index < -0.39 is 0 Å². The molecule has 0 unspecified atom stereocenters. The fraction of sp³-hybridized carbons (Fsp3) is 0.667. The van der Waals surface area contributed by atoms with Gasteiger partial charge in [-0.2, -0.15) is 0 Å². The number of nitrogens with one attached hydrogen (secondary N) is 1. The van der Waals surface area contributed by atoms with Gasteiger partial charge in [-0.15, -0.1) is 11.3 Å². The van der Waals surface area contributed by atoms with Crippen molar-refractivity contribution < 1.29 is 0 Å². The molecular formula is C12H17BrClNS. The van der Waals surface area contributed by atoms with Crippen LogP contribution in [-0.4, -0.2) is 6.54 Å². The van der Waals surface area contributed by atoms with E-state index in [0.717, 1.165) is 27.8 Å². The van der Waals surface area contributed by atoms with Crippen LogP contribution in [0.2, 0.25) is 4.34 Å². The number of hydrogen-bond acceptors (Lipinski definition) is 2. The van der Waals surface area contributed by atoms with Crippen molar-refractivity contribution >= 4 is 38.9 Å². The molecular weight excluding hydrogens is 306 g/mol. The molecule has 1 N–H and O–H groups in total. The predicted octanol–water partition coefficient (Wildman–Crippen LogP) is 4.83. The van der Waals surface area contributed by atoms with Gasteiger partial charge in [0, 0.05) is 15.9 Å². The molecule has 0 aromatic carbocycles. The van der Waals surface area contributed by atoms with Crippen LogP contribution in [0.1, 0.15) is 37.0 Å². The van der Waals surface area contributed by atoms with Crippen LogP contribution in [0.4, 0.5) is 0 Å². The number of halogens is 2. The van der Waals surface area contributed by atoms with Crippen molar-refractivity contribution in [2.24, 2.45) is 5.92 Å². The molecule has 2 rings (SSSR count). The number of hydrogen-bond donors (Lipinski definition) is 1. The zero-order valence-electron chi connectivity index (χ0n) is 9.27. The highest BCUT2D eigenvalue weighted by Gasteiger charge is 2.12. The van der Waals surface area contributed by atoms with Crippen molar-refractivity contribution in [1.29, 1.82) is 0 Å². The van der Waals surface area contributed by atoms with Gasteiger partial charge in [-0.3, -0.25) is 0 Å². The maximum absolute atomic E-state index is 6.00. The second-order valence-corrected chi connectivity index (χ2v) is 7.06. The highest BCUT2D eigenvalue weighted by Crippen LogP contribution is 2.32. The van der Waals surface area contributed by atoms with Gasteiger partial charge in [0.15, 0.2) is 0 Å². The molecule has 0 radical (unpaired) electrons. The van der Waals surface area contributed by atoms with Gasteiger partial charge in [-0.1, -0.05) is 30.9 Å². The molecule has 0 spiro atoms. The van der Waals surface area contributed by atoms with E-state index in [0.29, 0.717) is 0 Å². The lowest BCUT2D eigenvalue weighted by atomic mass is 9.89. The predicted molar refractivity (Wildman–Crippen MR) is 75.3 cm³/mol. The summed E-state index contributed by atoms with van der Waals surface area (Å²) in [6.45, 7) is 2.11. The minimum Gasteiger partial charge on any atom is -0.312 e. The third-order valence-electron chi connectivity index (χ3n) is 3.15. The smallest absolute Gasteiger partial charge is 0.107 e. The maximum Gasteiger partial charge on any atom is 0.107 e. The van der Waals surface area contributed by atoms with Crippen LogP contribution in [-0.2, 0) is 6.54 Å². The first-order chi connectivity index (χ1) is 7.75. The van der Waals surface area contributed by atoms with Gasteiger partial charge in [0.25, 0.3) is 0 Å². The molecule has 1 aliphatic rings. The van der Waals surface area contributed by atoms with E-state index in [1.807, 2.05) is 0 Å². The molecule has 16 heavy (non-hydrogen) atoms. The molecule has 0 bridgehead atoms. The molecule has 1 fully saturated rings. The van der Waals surface area contributed by atoms with Crippen LogP contribution >= 0.6 is 38.9 Å². The van der Waals surface area contributed by atoms with Crippen molar-refractivity contribution in [2.75, 3.05) is 6.54 Å². The summed E-state index contributed by atoms with van der Waals surface area (Å²) in [6.07, 6.45) is 7.08. The van der Waals surface area contributed by atoms with Crippen LogP contribution in [0.15, 0.2) is 10.5 Å². The Morgan fingerprint density at radius 1 is 1.38 bits per heavy atom. The third kappa shape index (κ3) is 3.73. The van der Waals surface area contributed by atoms with Gasteiger partial charge in [0.05, 0.1) is 0 Å². The molecule has 1 aromatic heterocycles. The van der Waals surface area contributed by atoms with Crippen molar-refractivity contribution in [3.63, 3.8) is 0 Å². The Labute approximate surface area is 115 Å². The number of rotatable bonds is 4. The van der Waals surface area contributed by atoms with Gasteiger partial charge >= 0.3 is 0 Å². The SMILES string of the molecule is Clc1sc(CNCC2CCCCC2)cc1Br. The zero-order valence-corrected chi connectivity index (χ0v) is 12.4. The molecule has 1 aliphatic carbocycles.